The smallest absolute Gasteiger partial charge is 0.257 e. The van der Waals surface area contributed by atoms with Crippen LogP contribution in [0.25, 0.3) is 0 Å². The first-order valence-electron chi connectivity index (χ1n) is 10.0. The minimum absolute atomic E-state index is 0.198. The Morgan fingerprint density at radius 3 is 2.57 bits per heavy atom. The number of benzene rings is 1. The molecule has 0 bridgehead atoms. The van der Waals surface area contributed by atoms with Crippen LogP contribution in [0, 0.1) is 6.92 Å². The number of methoxy groups -OCH3 is 1. The van der Waals surface area contributed by atoms with E-state index in [1.807, 2.05) is 47.9 Å². The van der Waals surface area contributed by atoms with E-state index < -0.39 is 0 Å². The first-order chi connectivity index (χ1) is 14.6. The van der Waals surface area contributed by atoms with Crippen LogP contribution in [0.2, 0.25) is 0 Å². The third-order valence-corrected chi connectivity index (χ3v) is 4.98. The minimum Gasteiger partial charge on any atom is -0.383 e. The zero-order chi connectivity index (χ0) is 21.3. The molecule has 0 spiro atoms. The number of hydrogen-bond acceptors (Lipinski definition) is 4. The van der Waals surface area contributed by atoms with Crippen LogP contribution in [0.3, 0.4) is 0 Å². The van der Waals surface area contributed by atoms with Gasteiger partial charge in [-0.25, -0.2) is 0 Å². The van der Waals surface area contributed by atoms with Crippen LogP contribution in [0.4, 0.5) is 0 Å². The zero-order valence-corrected chi connectivity index (χ0v) is 17.4. The number of nitrogens with one attached hydrogen (secondary N) is 1. The van der Waals surface area contributed by atoms with E-state index >= 15 is 0 Å². The van der Waals surface area contributed by atoms with Gasteiger partial charge in [0, 0.05) is 37.3 Å². The van der Waals surface area contributed by atoms with Crippen LogP contribution in [-0.2, 0) is 24.1 Å². The summed E-state index contributed by atoms with van der Waals surface area (Å²) in [6.07, 6.45) is 3.04. The molecule has 6 nitrogen and oxygen atoms in total. The summed E-state index contributed by atoms with van der Waals surface area (Å²) < 4.78 is 7.04. The van der Waals surface area contributed by atoms with Gasteiger partial charge >= 0.3 is 0 Å². The Kier molecular flexibility index (Phi) is 7.51. The van der Waals surface area contributed by atoms with E-state index in [4.69, 9.17) is 4.74 Å². The molecule has 6 heteroatoms. The molecule has 2 heterocycles. The maximum atomic E-state index is 12.9. The van der Waals surface area contributed by atoms with Gasteiger partial charge in [-0.1, -0.05) is 36.4 Å². The van der Waals surface area contributed by atoms with Crippen molar-refractivity contribution in [3.8, 4) is 0 Å². The summed E-state index contributed by atoms with van der Waals surface area (Å²) in [4.78, 5) is 30.1. The van der Waals surface area contributed by atoms with Crippen molar-refractivity contribution in [3.05, 3.63) is 99.2 Å². The quantitative estimate of drug-likeness (QED) is 0.556. The molecule has 3 aromatic rings. The lowest BCUT2D eigenvalue weighted by atomic mass is 10.0. The third kappa shape index (κ3) is 5.42. The number of aromatic nitrogens is 2. The van der Waals surface area contributed by atoms with Gasteiger partial charge in [-0.15, -0.1) is 0 Å². The third-order valence-electron chi connectivity index (χ3n) is 4.98. The summed E-state index contributed by atoms with van der Waals surface area (Å²) in [5, 5.41) is 2.80. The molecule has 0 aliphatic heterocycles. The number of nitrogens with zero attached hydrogens (tertiary/aromatic N) is 2. The standard InChI is InChI=1S/C24H27N3O3/c1-18-16-22(28)23(24(29)26-14-15-30-2)21(12-11-19-8-4-3-5-9-19)27(18)17-20-10-6-7-13-25-20/h3-10,13,16H,11-12,14-15,17H2,1-2H3,(H,26,29). The first kappa shape index (κ1) is 21.5. The Morgan fingerprint density at radius 1 is 1.10 bits per heavy atom. The highest BCUT2D eigenvalue weighted by atomic mass is 16.5. The second kappa shape index (κ2) is 10.5. The second-order valence-electron chi connectivity index (χ2n) is 7.11. The predicted molar refractivity (Wildman–Crippen MR) is 117 cm³/mol. The van der Waals surface area contributed by atoms with E-state index in [-0.39, 0.29) is 16.9 Å². The molecule has 0 unspecified atom stereocenters. The molecule has 1 amide bonds. The van der Waals surface area contributed by atoms with Crippen LogP contribution in [0.5, 0.6) is 0 Å². The molecule has 1 aromatic carbocycles. The molecule has 0 radical (unpaired) electrons. The number of carbonyl (C=O) groups is 1. The van der Waals surface area contributed by atoms with Gasteiger partial charge in [-0.2, -0.15) is 0 Å². The minimum atomic E-state index is -0.366. The SMILES string of the molecule is COCCNC(=O)c1c(CCc2ccccc2)n(Cc2ccccn2)c(C)cc1=O. The number of hydrogen-bond donors (Lipinski definition) is 1. The topological polar surface area (TPSA) is 73.2 Å². The molecule has 30 heavy (non-hydrogen) atoms. The lowest BCUT2D eigenvalue weighted by Crippen LogP contribution is -2.34. The van der Waals surface area contributed by atoms with Gasteiger partial charge < -0.3 is 14.6 Å². The molecular weight excluding hydrogens is 378 g/mol. The largest absolute Gasteiger partial charge is 0.383 e. The summed E-state index contributed by atoms with van der Waals surface area (Å²) in [6, 6.07) is 17.3. The van der Waals surface area contributed by atoms with Gasteiger partial charge in [0.05, 0.1) is 18.8 Å². The first-order valence-corrected chi connectivity index (χ1v) is 10.0. The van der Waals surface area contributed by atoms with Gasteiger partial charge in [-0.3, -0.25) is 14.6 Å². The number of rotatable bonds is 9. The monoisotopic (exact) mass is 405 g/mol. The molecule has 0 saturated carbocycles. The Balaban J connectivity index is 2.01. The van der Waals surface area contributed by atoms with Crippen LogP contribution < -0.4 is 10.7 Å². The highest BCUT2D eigenvalue weighted by Gasteiger charge is 2.20. The van der Waals surface area contributed by atoms with E-state index in [2.05, 4.69) is 22.4 Å². The fraction of sp³-hybridized carbons (Fsp3) is 0.292. The fourth-order valence-corrected chi connectivity index (χ4v) is 3.47. The molecule has 0 atom stereocenters. The van der Waals surface area contributed by atoms with E-state index in [0.29, 0.717) is 26.1 Å². The maximum absolute atomic E-state index is 12.9. The Morgan fingerprint density at radius 2 is 1.87 bits per heavy atom. The molecule has 0 saturated heterocycles. The van der Waals surface area contributed by atoms with Crippen molar-refractivity contribution >= 4 is 5.91 Å². The van der Waals surface area contributed by atoms with Crippen molar-refractivity contribution in [1.82, 2.24) is 14.9 Å². The zero-order valence-electron chi connectivity index (χ0n) is 17.4. The Bertz CT molecular complexity index is 1030. The summed E-state index contributed by atoms with van der Waals surface area (Å²) >= 11 is 0. The van der Waals surface area contributed by atoms with Crippen molar-refractivity contribution in [2.75, 3.05) is 20.3 Å². The molecular formula is C24H27N3O3. The van der Waals surface area contributed by atoms with Crippen LogP contribution in [-0.4, -0.2) is 35.7 Å². The fourth-order valence-electron chi connectivity index (χ4n) is 3.47. The van der Waals surface area contributed by atoms with E-state index in [0.717, 1.165) is 29.1 Å². The van der Waals surface area contributed by atoms with E-state index in [1.165, 1.54) is 6.07 Å². The molecule has 156 valence electrons. The van der Waals surface area contributed by atoms with Gasteiger partial charge in [0.2, 0.25) is 0 Å². The lowest BCUT2D eigenvalue weighted by molar-refractivity contribution is 0.0934. The normalized spacial score (nSPS) is 10.7. The second-order valence-corrected chi connectivity index (χ2v) is 7.11. The van der Waals surface area contributed by atoms with Gasteiger partial charge in [-0.05, 0) is 37.5 Å². The average molecular weight is 405 g/mol. The van der Waals surface area contributed by atoms with E-state index in [1.54, 1.807) is 13.3 Å². The lowest BCUT2D eigenvalue weighted by Gasteiger charge is -2.20. The molecule has 2 aromatic heterocycles. The summed E-state index contributed by atoms with van der Waals surface area (Å²) in [5.41, 5.74) is 3.50. The van der Waals surface area contributed by atoms with Crippen LogP contribution >= 0.6 is 0 Å². The van der Waals surface area contributed by atoms with E-state index in [9.17, 15) is 9.59 Å². The number of amides is 1. The maximum Gasteiger partial charge on any atom is 0.257 e. The van der Waals surface area contributed by atoms with Crippen molar-refractivity contribution in [1.29, 1.82) is 0 Å². The average Bonchev–Trinajstić information content (AvgIpc) is 2.76. The summed E-state index contributed by atoms with van der Waals surface area (Å²) in [6.45, 7) is 3.12. The van der Waals surface area contributed by atoms with Gasteiger partial charge in [0.1, 0.15) is 5.56 Å². The van der Waals surface area contributed by atoms with Crippen LogP contribution in [0.1, 0.15) is 33.0 Å². The molecule has 1 N–H and O–H groups in total. The van der Waals surface area contributed by atoms with Gasteiger partial charge in [0.15, 0.2) is 5.43 Å². The highest BCUT2D eigenvalue weighted by Crippen LogP contribution is 2.15. The Hall–Kier alpha value is -3.25. The molecule has 0 aliphatic rings. The Labute approximate surface area is 176 Å². The predicted octanol–water partition coefficient (Wildman–Crippen LogP) is 2.76. The van der Waals surface area contributed by atoms with Crippen molar-refractivity contribution < 1.29 is 9.53 Å². The summed E-state index contributed by atoms with van der Waals surface area (Å²) in [7, 11) is 1.57. The van der Waals surface area contributed by atoms with Crippen LogP contribution in [0.15, 0.2) is 65.6 Å². The summed E-state index contributed by atoms with van der Waals surface area (Å²) in [5.74, 6) is -0.366. The van der Waals surface area contributed by atoms with Gasteiger partial charge in [0.25, 0.3) is 5.91 Å². The molecule has 0 aliphatic carbocycles. The number of ether oxygens (including phenoxy) is 1. The number of aryl methyl sites for hydroxylation is 2. The number of pyridine rings is 2. The highest BCUT2D eigenvalue weighted by molar-refractivity contribution is 5.95. The molecule has 0 fully saturated rings. The van der Waals surface area contributed by atoms with Crippen molar-refractivity contribution in [2.24, 2.45) is 0 Å². The number of carbonyl (C=O) groups excluding carboxylic acids is 1. The van der Waals surface area contributed by atoms with Crippen molar-refractivity contribution in [2.45, 2.75) is 26.3 Å². The van der Waals surface area contributed by atoms with Crippen molar-refractivity contribution in [3.63, 3.8) is 0 Å². The molecule has 3 rings (SSSR count).